The minimum atomic E-state index is 0.986. The number of nitrogens with zero attached hydrogens (tertiary/aromatic N) is 2. The normalized spacial score (nSPS) is 11.5. The molecule has 5 rings (SSSR count). The number of aromatic nitrogens is 2. The molecule has 0 radical (unpaired) electrons. The number of hydrogen-bond acceptors (Lipinski definition) is 1. The van der Waals surface area contributed by atoms with Crippen molar-refractivity contribution in [2.45, 2.75) is 13.8 Å². The van der Waals surface area contributed by atoms with Crippen LogP contribution in [0.4, 0.5) is 0 Å². The van der Waals surface area contributed by atoms with Crippen molar-refractivity contribution in [1.29, 1.82) is 0 Å². The molecule has 0 saturated heterocycles. The van der Waals surface area contributed by atoms with Crippen LogP contribution in [0.1, 0.15) is 18.1 Å². The smallest absolute Gasteiger partial charge is 0.0716 e. The third kappa shape index (κ3) is 1.84. The third-order valence-corrected chi connectivity index (χ3v) is 5.36. The van der Waals surface area contributed by atoms with Crippen molar-refractivity contribution in [3.63, 3.8) is 0 Å². The number of fused-ring (bicyclic) bond motifs is 6. The van der Waals surface area contributed by atoms with E-state index in [-0.39, 0.29) is 0 Å². The summed E-state index contributed by atoms with van der Waals surface area (Å²) in [5.41, 5.74) is 6.79. The van der Waals surface area contributed by atoms with E-state index in [2.05, 4.69) is 78.9 Å². The van der Waals surface area contributed by atoms with Crippen LogP contribution in [0.2, 0.25) is 0 Å². The van der Waals surface area contributed by atoms with Crippen LogP contribution in [0.25, 0.3) is 43.6 Å². The predicted octanol–water partition coefficient (Wildman–Crippen LogP) is 4.83. The molecule has 0 unspecified atom stereocenters. The van der Waals surface area contributed by atoms with Gasteiger partial charge in [-0.15, -0.1) is 5.92 Å². The summed E-state index contributed by atoms with van der Waals surface area (Å²) in [7, 11) is 2.13. The van der Waals surface area contributed by atoms with Crippen molar-refractivity contribution in [2.24, 2.45) is 7.05 Å². The molecule has 0 aliphatic carbocycles. The first kappa shape index (κ1) is 14.9. The molecule has 0 fully saturated rings. The monoisotopic (exact) mass is 337 g/mol. The first-order chi connectivity index (χ1) is 12.6. The van der Waals surface area contributed by atoms with Gasteiger partial charge in [0.2, 0.25) is 0 Å². The summed E-state index contributed by atoms with van der Waals surface area (Å²) in [6.07, 6.45) is 0. The van der Waals surface area contributed by atoms with Crippen LogP contribution in [-0.4, -0.2) is 9.24 Å². The van der Waals surface area contributed by atoms with Crippen LogP contribution >= 0.6 is 0 Å². The fourth-order valence-corrected chi connectivity index (χ4v) is 4.07. The average molecular weight is 337 g/mol. The Kier molecular flexibility index (Phi) is 2.90. The second-order valence-electron chi connectivity index (χ2n) is 6.94. The third-order valence-electron chi connectivity index (χ3n) is 5.36. The molecule has 2 aromatic heterocycles. The van der Waals surface area contributed by atoms with E-state index in [1.807, 2.05) is 6.92 Å². The number of rotatable bonds is 0. The molecular weight excluding hydrogens is 318 g/mol. The lowest BCUT2D eigenvalue weighted by molar-refractivity contribution is 1.01. The molecular formula is C23H19N3. The summed E-state index contributed by atoms with van der Waals surface area (Å²) in [5, 5.41) is 4.83. The summed E-state index contributed by atoms with van der Waals surface area (Å²) < 4.78 is 4.06. The van der Waals surface area contributed by atoms with Gasteiger partial charge in [-0.1, -0.05) is 24.1 Å². The molecule has 0 amide bonds. The van der Waals surface area contributed by atoms with Crippen LogP contribution in [0.5, 0.6) is 0 Å². The lowest BCUT2D eigenvalue weighted by Crippen LogP contribution is -2.06. The van der Waals surface area contributed by atoms with E-state index in [9.17, 15) is 0 Å². The predicted molar refractivity (Wildman–Crippen MR) is 111 cm³/mol. The highest BCUT2D eigenvalue weighted by Crippen LogP contribution is 2.36. The average Bonchev–Trinajstić information content (AvgIpc) is 3.07. The highest BCUT2D eigenvalue weighted by atomic mass is 15.3. The highest BCUT2D eigenvalue weighted by molar-refractivity contribution is 6.18. The van der Waals surface area contributed by atoms with Gasteiger partial charge >= 0.3 is 0 Å². The lowest BCUT2D eigenvalue weighted by Gasteiger charge is -2.00. The van der Waals surface area contributed by atoms with Crippen LogP contribution in [0.15, 0.2) is 48.5 Å². The van der Waals surface area contributed by atoms with Crippen LogP contribution in [-0.2, 0) is 7.05 Å². The second-order valence-corrected chi connectivity index (χ2v) is 6.94. The molecule has 0 atom stereocenters. The molecule has 0 aliphatic rings. The van der Waals surface area contributed by atoms with Crippen molar-refractivity contribution in [1.82, 2.24) is 9.24 Å². The SMILES string of the molecule is CC#Cc1ccc2c3cc4c(cc3n(N)c2c1)c1ccc(C)cc1n4C. The van der Waals surface area contributed by atoms with Crippen molar-refractivity contribution in [3.8, 4) is 11.8 Å². The Balaban J connectivity index is 1.96. The number of hydrogen-bond donors (Lipinski definition) is 1. The van der Waals surface area contributed by atoms with Gasteiger partial charge in [0.1, 0.15) is 0 Å². The van der Waals surface area contributed by atoms with Crippen molar-refractivity contribution in [3.05, 3.63) is 59.7 Å². The van der Waals surface area contributed by atoms with E-state index >= 15 is 0 Å². The van der Waals surface area contributed by atoms with Crippen molar-refractivity contribution in [2.75, 3.05) is 5.84 Å². The first-order valence-corrected chi connectivity index (χ1v) is 8.73. The van der Waals surface area contributed by atoms with Crippen LogP contribution < -0.4 is 5.84 Å². The number of benzene rings is 3. The lowest BCUT2D eigenvalue weighted by atomic mass is 10.1. The number of aryl methyl sites for hydroxylation is 2. The molecule has 0 saturated carbocycles. The van der Waals surface area contributed by atoms with Crippen LogP contribution in [0, 0.1) is 18.8 Å². The summed E-state index contributed by atoms with van der Waals surface area (Å²) in [6, 6.07) is 17.3. The van der Waals surface area contributed by atoms with Gasteiger partial charge in [0, 0.05) is 45.2 Å². The van der Waals surface area contributed by atoms with Gasteiger partial charge in [0.25, 0.3) is 0 Å². The van der Waals surface area contributed by atoms with Gasteiger partial charge in [-0.25, -0.2) is 0 Å². The van der Waals surface area contributed by atoms with E-state index in [1.54, 1.807) is 4.68 Å². The Labute approximate surface area is 151 Å². The quantitative estimate of drug-likeness (QED) is 0.319. The van der Waals surface area contributed by atoms with Crippen molar-refractivity contribution < 1.29 is 0 Å². The zero-order valence-corrected chi connectivity index (χ0v) is 15.1. The Bertz CT molecular complexity index is 1420. The molecule has 2 N–H and O–H groups in total. The Morgan fingerprint density at radius 2 is 1.38 bits per heavy atom. The maximum absolute atomic E-state index is 6.47. The Morgan fingerprint density at radius 3 is 2.19 bits per heavy atom. The highest BCUT2D eigenvalue weighted by Gasteiger charge is 2.15. The van der Waals surface area contributed by atoms with Gasteiger partial charge in [0.15, 0.2) is 0 Å². The number of nitrogens with two attached hydrogens (primary N) is 1. The molecule has 0 spiro atoms. The van der Waals surface area contributed by atoms with Crippen LogP contribution in [0.3, 0.4) is 0 Å². The van der Waals surface area contributed by atoms with Gasteiger partial charge in [-0.2, -0.15) is 0 Å². The summed E-state index contributed by atoms with van der Waals surface area (Å²) in [4.78, 5) is 0. The molecule has 3 heteroatoms. The largest absolute Gasteiger partial charge is 0.344 e. The van der Waals surface area contributed by atoms with Gasteiger partial charge < -0.3 is 10.4 Å². The van der Waals surface area contributed by atoms with Crippen molar-refractivity contribution >= 4 is 43.6 Å². The minimum absolute atomic E-state index is 0.986. The topological polar surface area (TPSA) is 35.9 Å². The summed E-state index contributed by atoms with van der Waals surface area (Å²) >= 11 is 0. The van der Waals surface area contributed by atoms with E-state index in [4.69, 9.17) is 5.84 Å². The fourth-order valence-electron chi connectivity index (χ4n) is 4.07. The van der Waals surface area contributed by atoms with E-state index in [0.717, 1.165) is 22.0 Å². The molecule has 5 aromatic rings. The zero-order chi connectivity index (χ0) is 18.0. The molecule has 0 bridgehead atoms. The standard InChI is InChI=1S/C23H19N3/c1-4-5-15-7-9-17-19-12-21-18(13-23(19)26(24)22(17)11-15)16-8-6-14(2)10-20(16)25(21)3/h6-13H,24H2,1-3H3. The second kappa shape index (κ2) is 5.06. The fraction of sp³-hybridized carbons (Fsp3) is 0.130. The molecule has 0 aliphatic heterocycles. The molecule has 3 nitrogen and oxygen atoms in total. The van der Waals surface area contributed by atoms with E-state index in [0.29, 0.717) is 0 Å². The molecule has 3 aromatic carbocycles. The summed E-state index contributed by atoms with van der Waals surface area (Å²) in [6.45, 7) is 3.98. The molecule has 2 heterocycles. The summed E-state index contributed by atoms with van der Waals surface area (Å²) in [5.74, 6) is 12.5. The van der Waals surface area contributed by atoms with Gasteiger partial charge in [-0.05, 0) is 49.7 Å². The molecule has 126 valence electrons. The zero-order valence-electron chi connectivity index (χ0n) is 15.1. The first-order valence-electron chi connectivity index (χ1n) is 8.73. The van der Waals surface area contributed by atoms with Gasteiger partial charge in [0.05, 0.1) is 11.0 Å². The maximum Gasteiger partial charge on any atom is 0.0716 e. The van der Waals surface area contributed by atoms with E-state index < -0.39 is 0 Å². The Hall–Kier alpha value is -3.38. The Morgan fingerprint density at radius 1 is 0.769 bits per heavy atom. The number of nitrogen functional groups attached to an aromatic ring is 1. The van der Waals surface area contributed by atoms with Gasteiger partial charge in [-0.3, -0.25) is 4.68 Å². The minimum Gasteiger partial charge on any atom is -0.344 e. The maximum atomic E-state index is 6.47. The molecule has 26 heavy (non-hydrogen) atoms. The van der Waals surface area contributed by atoms with E-state index in [1.165, 1.54) is 32.8 Å².